The van der Waals surface area contributed by atoms with E-state index in [4.69, 9.17) is 15.6 Å². The van der Waals surface area contributed by atoms with Crippen molar-refractivity contribution in [3.8, 4) is 6.01 Å². The van der Waals surface area contributed by atoms with Gasteiger partial charge in [-0.1, -0.05) is 0 Å². The second-order valence-electron chi connectivity index (χ2n) is 3.45. The summed E-state index contributed by atoms with van der Waals surface area (Å²) in [6.45, 7) is 1.62. The molecular formula is C9H13N3O3. The van der Waals surface area contributed by atoms with Crippen LogP contribution in [0.1, 0.15) is 18.9 Å². The average molecular weight is 211 g/mol. The Labute approximate surface area is 87.1 Å². The molecule has 6 heteroatoms. The minimum absolute atomic E-state index is 0.178. The molecule has 0 aliphatic carbocycles. The van der Waals surface area contributed by atoms with E-state index in [-0.39, 0.29) is 12.4 Å². The number of nitrogens with two attached hydrogens (primary N) is 1. The van der Waals surface area contributed by atoms with E-state index in [1.807, 2.05) is 0 Å². The van der Waals surface area contributed by atoms with Gasteiger partial charge in [-0.3, -0.25) is 4.79 Å². The molecule has 0 radical (unpaired) electrons. The van der Waals surface area contributed by atoms with Gasteiger partial charge in [0.1, 0.15) is 0 Å². The maximum absolute atomic E-state index is 10.6. The van der Waals surface area contributed by atoms with Crippen molar-refractivity contribution in [2.75, 3.05) is 7.11 Å². The fourth-order valence-electron chi connectivity index (χ4n) is 1.13. The highest BCUT2D eigenvalue weighted by molar-refractivity contribution is 5.68. The standard InChI is InChI=1S/C9H13N3O3/c1-9(10,3-7(13)14)6-4-11-8(15-2)12-5-6/h4-5H,3,10H2,1-2H3,(H,13,14)/t9-/m0/s1. The maximum Gasteiger partial charge on any atom is 0.316 e. The number of rotatable bonds is 4. The number of aliphatic carboxylic acids is 1. The smallest absolute Gasteiger partial charge is 0.316 e. The topological polar surface area (TPSA) is 98.3 Å². The molecule has 3 N–H and O–H groups in total. The number of carboxylic acid groups (broad SMARTS) is 1. The van der Waals surface area contributed by atoms with Crippen LogP contribution in [0.3, 0.4) is 0 Å². The number of hydrogen-bond donors (Lipinski definition) is 2. The molecule has 0 aliphatic heterocycles. The number of hydrogen-bond acceptors (Lipinski definition) is 5. The van der Waals surface area contributed by atoms with Gasteiger partial charge in [0, 0.05) is 18.0 Å². The molecular weight excluding hydrogens is 198 g/mol. The number of ether oxygens (including phenoxy) is 1. The van der Waals surface area contributed by atoms with E-state index < -0.39 is 11.5 Å². The molecule has 15 heavy (non-hydrogen) atoms. The molecule has 0 saturated carbocycles. The van der Waals surface area contributed by atoms with E-state index in [0.717, 1.165) is 0 Å². The summed E-state index contributed by atoms with van der Waals surface area (Å²) in [5.41, 5.74) is 5.42. The van der Waals surface area contributed by atoms with Crippen molar-refractivity contribution < 1.29 is 14.6 Å². The molecule has 6 nitrogen and oxygen atoms in total. The fraction of sp³-hybridized carbons (Fsp3) is 0.444. The van der Waals surface area contributed by atoms with Crippen molar-refractivity contribution in [2.45, 2.75) is 18.9 Å². The number of aromatic nitrogens is 2. The van der Waals surface area contributed by atoms with Crippen LogP contribution in [0, 0.1) is 0 Å². The minimum Gasteiger partial charge on any atom is -0.481 e. The second kappa shape index (κ2) is 4.22. The number of methoxy groups -OCH3 is 1. The number of nitrogens with zero attached hydrogens (tertiary/aromatic N) is 2. The highest BCUT2D eigenvalue weighted by Gasteiger charge is 2.25. The quantitative estimate of drug-likeness (QED) is 0.734. The zero-order valence-electron chi connectivity index (χ0n) is 8.60. The highest BCUT2D eigenvalue weighted by Crippen LogP contribution is 2.20. The Morgan fingerprint density at radius 3 is 2.53 bits per heavy atom. The van der Waals surface area contributed by atoms with Gasteiger partial charge in [0.2, 0.25) is 0 Å². The van der Waals surface area contributed by atoms with E-state index in [0.29, 0.717) is 5.56 Å². The molecule has 0 bridgehead atoms. The van der Waals surface area contributed by atoms with Crippen LogP contribution in [0.4, 0.5) is 0 Å². The van der Waals surface area contributed by atoms with Crippen molar-refractivity contribution in [3.63, 3.8) is 0 Å². The fourth-order valence-corrected chi connectivity index (χ4v) is 1.13. The van der Waals surface area contributed by atoms with Crippen LogP contribution in [0.15, 0.2) is 12.4 Å². The third kappa shape index (κ3) is 2.88. The van der Waals surface area contributed by atoms with Crippen molar-refractivity contribution in [3.05, 3.63) is 18.0 Å². The predicted octanol–water partition coefficient (Wildman–Crippen LogP) is 0.134. The Balaban J connectivity index is 2.89. The lowest BCUT2D eigenvalue weighted by molar-refractivity contribution is -0.138. The lowest BCUT2D eigenvalue weighted by atomic mass is 9.92. The summed E-state index contributed by atoms with van der Waals surface area (Å²) >= 11 is 0. The van der Waals surface area contributed by atoms with Crippen LogP contribution in [-0.4, -0.2) is 28.2 Å². The first-order chi connectivity index (χ1) is 6.95. The van der Waals surface area contributed by atoms with Gasteiger partial charge in [-0.2, -0.15) is 0 Å². The van der Waals surface area contributed by atoms with E-state index in [1.165, 1.54) is 19.5 Å². The summed E-state index contributed by atoms with van der Waals surface area (Å²) in [5.74, 6) is -0.962. The van der Waals surface area contributed by atoms with Crippen molar-refractivity contribution in [1.82, 2.24) is 9.97 Å². The molecule has 0 aliphatic rings. The maximum atomic E-state index is 10.6. The van der Waals surface area contributed by atoms with Crippen LogP contribution in [0.5, 0.6) is 6.01 Å². The summed E-state index contributed by atoms with van der Waals surface area (Å²) in [4.78, 5) is 18.3. The van der Waals surface area contributed by atoms with Crippen molar-refractivity contribution in [1.29, 1.82) is 0 Å². The molecule has 1 heterocycles. The van der Waals surface area contributed by atoms with Gasteiger partial charge in [0.15, 0.2) is 0 Å². The van der Waals surface area contributed by atoms with Gasteiger partial charge in [0.05, 0.1) is 19.1 Å². The highest BCUT2D eigenvalue weighted by atomic mass is 16.5. The summed E-state index contributed by atoms with van der Waals surface area (Å²) in [5, 5.41) is 8.67. The van der Waals surface area contributed by atoms with Gasteiger partial charge >= 0.3 is 12.0 Å². The van der Waals surface area contributed by atoms with Crippen molar-refractivity contribution in [2.24, 2.45) is 5.73 Å². The third-order valence-corrected chi connectivity index (χ3v) is 1.99. The van der Waals surface area contributed by atoms with Crippen LogP contribution in [0.2, 0.25) is 0 Å². The lowest BCUT2D eigenvalue weighted by Gasteiger charge is -2.21. The molecule has 0 saturated heterocycles. The Bertz CT molecular complexity index is 348. The van der Waals surface area contributed by atoms with E-state index in [9.17, 15) is 4.79 Å². The molecule has 0 amide bonds. The Morgan fingerprint density at radius 1 is 1.60 bits per heavy atom. The molecule has 0 unspecified atom stereocenters. The summed E-state index contributed by atoms with van der Waals surface area (Å²) in [6, 6.07) is 0.227. The SMILES string of the molecule is COc1ncc([C@@](C)(N)CC(=O)O)cn1. The minimum atomic E-state index is -0.974. The Morgan fingerprint density at radius 2 is 2.13 bits per heavy atom. The Kier molecular flexibility index (Phi) is 3.21. The van der Waals surface area contributed by atoms with E-state index in [2.05, 4.69) is 9.97 Å². The normalized spacial score (nSPS) is 14.3. The first-order valence-electron chi connectivity index (χ1n) is 4.33. The van der Waals surface area contributed by atoms with Gasteiger partial charge < -0.3 is 15.6 Å². The zero-order valence-corrected chi connectivity index (χ0v) is 8.60. The summed E-state index contributed by atoms with van der Waals surface area (Å²) < 4.78 is 4.78. The van der Waals surface area contributed by atoms with Crippen LogP contribution >= 0.6 is 0 Å². The van der Waals surface area contributed by atoms with Gasteiger partial charge in [-0.25, -0.2) is 9.97 Å². The first kappa shape index (κ1) is 11.4. The third-order valence-electron chi connectivity index (χ3n) is 1.99. The van der Waals surface area contributed by atoms with E-state index in [1.54, 1.807) is 6.92 Å². The lowest BCUT2D eigenvalue weighted by Crippen LogP contribution is -2.35. The summed E-state index contributed by atoms with van der Waals surface area (Å²) in [7, 11) is 1.45. The van der Waals surface area contributed by atoms with Crippen LogP contribution < -0.4 is 10.5 Å². The van der Waals surface area contributed by atoms with Gasteiger partial charge in [-0.15, -0.1) is 0 Å². The molecule has 1 aromatic heterocycles. The monoisotopic (exact) mass is 211 g/mol. The molecule has 1 atom stereocenters. The molecule has 1 aromatic rings. The predicted molar refractivity (Wildman–Crippen MR) is 52.4 cm³/mol. The molecule has 0 spiro atoms. The Hall–Kier alpha value is -1.69. The number of carboxylic acids is 1. The molecule has 82 valence electrons. The molecule has 0 aromatic carbocycles. The molecule has 1 rings (SSSR count). The van der Waals surface area contributed by atoms with Crippen molar-refractivity contribution >= 4 is 5.97 Å². The van der Waals surface area contributed by atoms with Crippen LogP contribution in [0.25, 0.3) is 0 Å². The second-order valence-corrected chi connectivity index (χ2v) is 3.45. The summed E-state index contributed by atoms with van der Waals surface area (Å²) in [6.07, 6.45) is 2.76. The largest absolute Gasteiger partial charge is 0.481 e. The van der Waals surface area contributed by atoms with Crippen LogP contribution in [-0.2, 0) is 10.3 Å². The van der Waals surface area contributed by atoms with E-state index >= 15 is 0 Å². The molecule has 0 fully saturated rings. The average Bonchev–Trinajstić information content (AvgIpc) is 2.16. The van der Waals surface area contributed by atoms with Gasteiger partial charge in [-0.05, 0) is 6.92 Å². The first-order valence-corrected chi connectivity index (χ1v) is 4.33. The van der Waals surface area contributed by atoms with Gasteiger partial charge in [0.25, 0.3) is 0 Å². The number of carbonyl (C=O) groups is 1. The zero-order chi connectivity index (χ0) is 11.5.